The lowest BCUT2D eigenvalue weighted by atomic mass is 9.95. The fourth-order valence-electron chi connectivity index (χ4n) is 4.22. The van der Waals surface area contributed by atoms with Crippen molar-refractivity contribution in [3.63, 3.8) is 0 Å². The minimum Gasteiger partial charge on any atom is -0.463 e. The molecule has 230 valence electrons. The molecule has 0 aromatic heterocycles. The number of thioether (sulfide) groups is 1. The summed E-state index contributed by atoms with van der Waals surface area (Å²) < 4.78 is 38.1. The van der Waals surface area contributed by atoms with Crippen molar-refractivity contribution >= 4 is 41.5 Å². The number of aliphatic hydroxyl groups is 2. The van der Waals surface area contributed by atoms with Gasteiger partial charge in [-0.25, -0.2) is 0 Å². The summed E-state index contributed by atoms with van der Waals surface area (Å²) in [4.78, 5) is 58.7. The summed E-state index contributed by atoms with van der Waals surface area (Å²) in [5.74, 6) is -3.68. The number of carbonyl (C=O) groups is 5. The first-order chi connectivity index (χ1) is 19.2. The Hall–Kier alpha value is -3.01. The third-order valence-electron chi connectivity index (χ3n) is 5.77. The van der Waals surface area contributed by atoms with Gasteiger partial charge in [-0.2, -0.15) is 5.26 Å². The molecule has 16 nitrogen and oxygen atoms in total. The van der Waals surface area contributed by atoms with E-state index in [-0.39, 0.29) is 5.75 Å². The number of carbonyl (C=O) groups excluding carboxylic acids is 5. The Morgan fingerprint density at radius 1 is 0.805 bits per heavy atom. The summed E-state index contributed by atoms with van der Waals surface area (Å²) >= 11 is 0.965. The number of aliphatic hydroxyl groups excluding tert-OH is 2. The van der Waals surface area contributed by atoms with E-state index < -0.39 is 103 Å². The molecule has 2 rings (SSSR count). The second-order valence-electron chi connectivity index (χ2n) is 9.12. The molecule has 0 saturated carbocycles. The lowest BCUT2D eigenvalue weighted by Crippen LogP contribution is -2.67. The zero-order chi connectivity index (χ0) is 30.9. The zero-order valence-corrected chi connectivity index (χ0v) is 23.9. The van der Waals surface area contributed by atoms with E-state index in [9.17, 15) is 34.2 Å². The van der Waals surface area contributed by atoms with Gasteiger partial charge in [-0.15, -0.1) is 11.8 Å². The van der Waals surface area contributed by atoms with Gasteiger partial charge >= 0.3 is 23.9 Å². The van der Waals surface area contributed by atoms with Crippen molar-refractivity contribution < 1.29 is 67.3 Å². The molecular formula is C24H34N2O14S. The van der Waals surface area contributed by atoms with Gasteiger partial charge in [-0.1, -0.05) is 0 Å². The molecule has 1 amide bonds. The van der Waals surface area contributed by atoms with E-state index in [4.69, 9.17) is 38.4 Å². The largest absolute Gasteiger partial charge is 0.463 e. The van der Waals surface area contributed by atoms with Gasteiger partial charge in [-0.3, -0.25) is 24.0 Å². The summed E-state index contributed by atoms with van der Waals surface area (Å²) in [5.41, 5.74) is -0.997. The minimum atomic E-state index is -1.82. The highest BCUT2D eigenvalue weighted by atomic mass is 32.2. The van der Waals surface area contributed by atoms with Gasteiger partial charge in [0.25, 0.3) is 0 Å². The summed E-state index contributed by atoms with van der Waals surface area (Å²) in [6.45, 7) is 4.67. The number of nitriles is 1. The van der Waals surface area contributed by atoms with Crippen molar-refractivity contribution in [2.45, 2.75) is 95.1 Å². The van der Waals surface area contributed by atoms with E-state index in [0.717, 1.165) is 39.5 Å². The Morgan fingerprint density at radius 2 is 1.37 bits per heavy atom. The van der Waals surface area contributed by atoms with Crippen molar-refractivity contribution in [1.82, 2.24) is 5.32 Å². The molecule has 17 heteroatoms. The van der Waals surface area contributed by atoms with Crippen LogP contribution in [0.3, 0.4) is 0 Å². The summed E-state index contributed by atoms with van der Waals surface area (Å²) in [6.07, 6.45) is -12.0. The molecule has 2 saturated heterocycles. The Kier molecular flexibility index (Phi) is 13.2. The summed E-state index contributed by atoms with van der Waals surface area (Å²) in [7, 11) is 0. The van der Waals surface area contributed by atoms with Crippen LogP contribution in [0.2, 0.25) is 0 Å². The van der Waals surface area contributed by atoms with Crippen LogP contribution in [0.15, 0.2) is 0 Å². The summed E-state index contributed by atoms with van der Waals surface area (Å²) in [5, 5.41) is 34.0. The fourth-order valence-corrected chi connectivity index (χ4v) is 5.11. The lowest BCUT2D eigenvalue weighted by Gasteiger charge is -2.48. The first kappa shape index (κ1) is 34.2. The minimum absolute atomic E-state index is 0.0878. The van der Waals surface area contributed by atoms with E-state index in [1.165, 1.54) is 6.92 Å². The van der Waals surface area contributed by atoms with Crippen LogP contribution in [0.25, 0.3) is 0 Å². The molecule has 2 aliphatic rings. The Labute approximate surface area is 239 Å². The Balaban J connectivity index is 2.48. The van der Waals surface area contributed by atoms with Gasteiger partial charge in [-0.05, 0) is 0 Å². The topological polar surface area (TPSA) is 226 Å². The molecule has 41 heavy (non-hydrogen) atoms. The second kappa shape index (κ2) is 15.8. The van der Waals surface area contributed by atoms with Crippen LogP contribution in [0.4, 0.5) is 0 Å². The van der Waals surface area contributed by atoms with Crippen LogP contribution in [0.5, 0.6) is 0 Å². The number of hydrogen-bond donors (Lipinski definition) is 3. The second-order valence-corrected chi connectivity index (χ2v) is 10.2. The van der Waals surface area contributed by atoms with Gasteiger partial charge in [0, 0.05) is 34.6 Å². The van der Waals surface area contributed by atoms with Crippen molar-refractivity contribution in [3.05, 3.63) is 0 Å². The van der Waals surface area contributed by atoms with E-state index >= 15 is 0 Å². The highest BCUT2D eigenvalue weighted by Crippen LogP contribution is 2.34. The van der Waals surface area contributed by atoms with E-state index in [0.29, 0.717) is 0 Å². The maximum atomic E-state index is 12.1. The molecule has 2 fully saturated rings. The van der Waals surface area contributed by atoms with Crippen molar-refractivity contribution in [2.75, 3.05) is 19.0 Å². The number of ether oxygens (including phenoxy) is 7. The third-order valence-corrected chi connectivity index (χ3v) is 6.80. The van der Waals surface area contributed by atoms with Crippen LogP contribution in [-0.4, -0.2) is 119 Å². The van der Waals surface area contributed by atoms with Crippen LogP contribution in [-0.2, 0) is 57.1 Å². The highest BCUT2D eigenvalue weighted by Gasteiger charge is 2.54. The van der Waals surface area contributed by atoms with E-state index in [1.54, 1.807) is 0 Å². The Bertz CT molecular complexity index is 1010. The quantitative estimate of drug-likeness (QED) is 0.176. The highest BCUT2D eigenvalue weighted by molar-refractivity contribution is 8.00. The third kappa shape index (κ3) is 10.1. The van der Waals surface area contributed by atoms with Crippen molar-refractivity contribution in [1.29, 1.82) is 5.26 Å². The summed E-state index contributed by atoms with van der Waals surface area (Å²) in [6, 6.07) is 0.798. The fraction of sp³-hybridized carbons (Fsp3) is 0.750. The lowest BCUT2D eigenvalue weighted by molar-refractivity contribution is -0.331. The molecule has 0 aliphatic carbocycles. The molecule has 10 atom stereocenters. The molecule has 0 aromatic rings. The molecule has 2 aliphatic heterocycles. The van der Waals surface area contributed by atoms with Crippen molar-refractivity contribution in [3.8, 4) is 6.07 Å². The first-order valence-corrected chi connectivity index (χ1v) is 13.5. The maximum Gasteiger partial charge on any atom is 0.303 e. The molecule has 4 unspecified atom stereocenters. The normalized spacial score (nSPS) is 33.0. The molecule has 0 spiro atoms. The predicted octanol–water partition coefficient (Wildman–Crippen LogP) is -1.71. The smallest absolute Gasteiger partial charge is 0.303 e. The molecule has 0 bridgehead atoms. The average Bonchev–Trinajstić information content (AvgIpc) is 2.86. The number of rotatable bonds is 11. The van der Waals surface area contributed by atoms with Crippen LogP contribution >= 0.6 is 11.8 Å². The molecule has 2 heterocycles. The van der Waals surface area contributed by atoms with Crippen LogP contribution in [0.1, 0.15) is 34.6 Å². The standard InChI is InChI=1S/C24H34N2O14S/c1-10(27)26-17-21(18(32)15(8-34-11(2)28)39-24(17)41-7-6-25)40-23-19(33)22(37-14(5)31)20(36-13(4)30)16(38-23)9-35-12(3)29/h15-24,32-33H,7-9H2,1-5H3,(H,26,27)/t15?,16-,17?,18+,19?,20-,21+,22?,23-,24-/m0/s1. The number of nitrogens with one attached hydrogen (secondary N) is 1. The predicted molar refractivity (Wildman–Crippen MR) is 134 cm³/mol. The number of amides is 1. The van der Waals surface area contributed by atoms with Gasteiger partial charge < -0.3 is 48.7 Å². The number of hydrogen-bond acceptors (Lipinski definition) is 16. The molecule has 3 N–H and O–H groups in total. The maximum absolute atomic E-state index is 12.1. The zero-order valence-electron chi connectivity index (χ0n) is 23.0. The van der Waals surface area contributed by atoms with E-state index in [1.807, 2.05) is 6.07 Å². The SMILES string of the molecule is CC(=O)NC1[C@@H](O[C@@H]2O[C@@H](COC(C)=O)[C@H](OC(C)=O)C(OC(C)=O)C2O)[C@H](O)C(COC(C)=O)O[C@H]1SCC#N. The monoisotopic (exact) mass is 606 g/mol. The number of nitrogens with zero attached hydrogens (tertiary/aromatic N) is 1. The Morgan fingerprint density at radius 3 is 1.88 bits per heavy atom. The van der Waals surface area contributed by atoms with Gasteiger partial charge in [0.2, 0.25) is 5.91 Å². The number of esters is 4. The first-order valence-electron chi connectivity index (χ1n) is 12.4. The van der Waals surface area contributed by atoms with Crippen LogP contribution < -0.4 is 5.32 Å². The molecular weight excluding hydrogens is 572 g/mol. The average molecular weight is 607 g/mol. The van der Waals surface area contributed by atoms with E-state index in [2.05, 4.69) is 5.32 Å². The van der Waals surface area contributed by atoms with Crippen molar-refractivity contribution in [2.24, 2.45) is 0 Å². The molecule has 0 radical (unpaired) electrons. The van der Waals surface area contributed by atoms with Crippen LogP contribution in [0, 0.1) is 11.3 Å². The molecule has 0 aromatic carbocycles. The van der Waals surface area contributed by atoms with Gasteiger partial charge in [0.15, 0.2) is 18.5 Å². The van der Waals surface area contributed by atoms with Gasteiger partial charge in [0.1, 0.15) is 49.2 Å². The van der Waals surface area contributed by atoms with Gasteiger partial charge in [0.05, 0.1) is 17.9 Å².